The first kappa shape index (κ1) is 17.3. The van der Waals surface area contributed by atoms with Crippen molar-refractivity contribution in [2.45, 2.75) is 38.7 Å². The molecular weight excluding hydrogens is 293 g/mol. The second kappa shape index (κ2) is 7.44. The number of benzene rings is 1. The standard InChI is InChI=1S/C17H22BNO4/c1-12(2)17(10-15(20)9-16(21)23-17)8-7-13-3-5-14(6-4-13)19-11-18-22/h3-6,9,12,19-20H,7-8,10-11H2,1-2H3/t17-/m0/s1. The number of aryl methyl sites for hydroxylation is 1. The Hall–Kier alpha value is -2.11. The summed E-state index contributed by atoms with van der Waals surface area (Å²) in [5, 5.41) is 12.8. The van der Waals surface area contributed by atoms with Crippen molar-refractivity contribution in [3.63, 3.8) is 0 Å². The molecule has 0 amide bonds. The second-order valence-corrected chi connectivity index (χ2v) is 6.20. The molecule has 1 aromatic carbocycles. The predicted octanol–water partition coefficient (Wildman–Crippen LogP) is 2.82. The van der Waals surface area contributed by atoms with Gasteiger partial charge in [0.2, 0.25) is 0 Å². The zero-order valence-corrected chi connectivity index (χ0v) is 13.5. The number of aliphatic hydroxyl groups excluding tert-OH is 1. The van der Waals surface area contributed by atoms with Gasteiger partial charge in [-0.25, -0.2) is 0 Å². The molecule has 0 unspecified atom stereocenters. The van der Waals surface area contributed by atoms with E-state index < -0.39 is 11.6 Å². The van der Waals surface area contributed by atoms with Crippen LogP contribution in [-0.2, 0) is 20.7 Å². The van der Waals surface area contributed by atoms with Gasteiger partial charge < -0.3 is 0 Å². The molecule has 1 heterocycles. The first-order valence-corrected chi connectivity index (χ1v) is 7.84. The van der Waals surface area contributed by atoms with Gasteiger partial charge in [0.05, 0.1) is 0 Å². The number of esters is 1. The Morgan fingerprint density at radius 1 is 1.35 bits per heavy atom. The van der Waals surface area contributed by atoms with Gasteiger partial charge in [0.15, 0.2) is 0 Å². The fourth-order valence-corrected chi connectivity index (χ4v) is 2.81. The fourth-order valence-electron chi connectivity index (χ4n) is 2.81. The molecule has 1 aliphatic heterocycles. The molecule has 0 spiro atoms. The summed E-state index contributed by atoms with van der Waals surface area (Å²) < 4.78 is 15.9. The van der Waals surface area contributed by atoms with E-state index in [0.717, 1.165) is 30.9 Å². The molecule has 0 saturated heterocycles. The predicted molar refractivity (Wildman–Crippen MR) is 88.7 cm³/mol. The van der Waals surface area contributed by atoms with Crippen LogP contribution in [0.1, 0.15) is 32.3 Å². The van der Waals surface area contributed by atoms with E-state index in [4.69, 9.17) is 4.74 Å². The van der Waals surface area contributed by atoms with E-state index in [1.807, 2.05) is 38.1 Å². The van der Waals surface area contributed by atoms with Crippen LogP contribution in [0.3, 0.4) is 0 Å². The molecule has 5 nitrogen and oxygen atoms in total. The van der Waals surface area contributed by atoms with Gasteiger partial charge in [-0.3, -0.25) is 0 Å². The van der Waals surface area contributed by atoms with Gasteiger partial charge in [-0.05, 0) is 0 Å². The van der Waals surface area contributed by atoms with E-state index >= 15 is 0 Å². The molecule has 0 saturated carbocycles. The Bertz CT molecular complexity index is 597. The molecule has 1 aliphatic rings. The zero-order valence-electron chi connectivity index (χ0n) is 13.5. The Kier molecular flexibility index (Phi) is 5.58. The third-order valence-electron chi connectivity index (χ3n) is 4.30. The first-order valence-electron chi connectivity index (χ1n) is 7.84. The van der Waals surface area contributed by atoms with Crippen LogP contribution in [0.5, 0.6) is 0 Å². The summed E-state index contributed by atoms with van der Waals surface area (Å²) in [6.07, 6.45) is 3.18. The van der Waals surface area contributed by atoms with Gasteiger partial charge in [0, 0.05) is 0 Å². The molecule has 1 aromatic rings. The van der Waals surface area contributed by atoms with E-state index in [0.29, 0.717) is 12.8 Å². The van der Waals surface area contributed by atoms with Crippen LogP contribution in [0.2, 0.25) is 0 Å². The number of ether oxygens (including phenoxy) is 1. The van der Waals surface area contributed by atoms with Crippen molar-refractivity contribution in [3.8, 4) is 0 Å². The molecule has 0 aromatic heterocycles. The molecule has 23 heavy (non-hydrogen) atoms. The summed E-state index contributed by atoms with van der Waals surface area (Å²) in [5.74, 6) is -0.282. The number of rotatable bonds is 7. The maximum atomic E-state index is 11.7. The first-order chi connectivity index (χ1) is 10.9. The quantitative estimate of drug-likeness (QED) is 0.598. The molecule has 0 bridgehead atoms. The fraction of sp³-hybridized carbons (Fsp3) is 0.471. The summed E-state index contributed by atoms with van der Waals surface area (Å²) in [4.78, 5) is 11.7. The molecule has 0 aliphatic carbocycles. The van der Waals surface area contributed by atoms with Gasteiger partial charge in [0.1, 0.15) is 0 Å². The average Bonchev–Trinajstić information content (AvgIpc) is 2.51. The molecule has 6 heteroatoms. The van der Waals surface area contributed by atoms with Crippen molar-refractivity contribution in [3.05, 3.63) is 41.7 Å². The van der Waals surface area contributed by atoms with E-state index in [-0.39, 0.29) is 18.1 Å². The molecule has 2 rings (SSSR count). The summed E-state index contributed by atoms with van der Waals surface area (Å²) >= 11 is 0. The molecule has 2 N–H and O–H groups in total. The number of carbonyl (C=O) groups excluding carboxylic acids is 1. The Balaban J connectivity index is 2.03. The molecule has 122 valence electrons. The minimum absolute atomic E-state index is 0.0864. The molecular formula is C17H22BNO4. The van der Waals surface area contributed by atoms with Gasteiger partial charge in [-0.2, -0.15) is 0 Å². The third-order valence-corrected chi connectivity index (χ3v) is 4.30. The van der Waals surface area contributed by atoms with Crippen molar-refractivity contribution < 1.29 is 19.3 Å². The SMILES string of the molecule is CC(C)[C@]1(CCc2ccc(NCB=O)cc2)CC(O)=CC(=O)O1. The van der Waals surface area contributed by atoms with Crippen LogP contribution in [-0.4, -0.2) is 30.3 Å². The van der Waals surface area contributed by atoms with Crippen molar-refractivity contribution in [1.29, 1.82) is 0 Å². The van der Waals surface area contributed by atoms with Gasteiger partial charge in [0.25, 0.3) is 0 Å². The van der Waals surface area contributed by atoms with Crippen LogP contribution < -0.4 is 5.32 Å². The van der Waals surface area contributed by atoms with Crippen LogP contribution in [0.15, 0.2) is 36.1 Å². The second-order valence-electron chi connectivity index (χ2n) is 6.20. The van der Waals surface area contributed by atoms with E-state index in [1.165, 1.54) is 0 Å². The number of cyclic esters (lactones) is 1. The van der Waals surface area contributed by atoms with Crippen LogP contribution >= 0.6 is 0 Å². The summed E-state index contributed by atoms with van der Waals surface area (Å²) in [6.45, 7) is 4.00. The summed E-state index contributed by atoms with van der Waals surface area (Å²) in [5.41, 5.74) is 1.35. The van der Waals surface area contributed by atoms with Gasteiger partial charge in [-0.1, -0.05) is 0 Å². The van der Waals surface area contributed by atoms with Gasteiger partial charge in [-0.15, -0.1) is 0 Å². The normalized spacial score (nSPS) is 20.7. The van der Waals surface area contributed by atoms with Crippen molar-refractivity contribution >= 4 is 18.8 Å². The number of carbonyl (C=O) groups is 1. The number of hydrogen-bond donors (Lipinski definition) is 2. The topological polar surface area (TPSA) is 75.6 Å². The molecule has 1 atom stereocenters. The van der Waals surface area contributed by atoms with E-state index in [2.05, 4.69) is 5.32 Å². The van der Waals surface area contributed by atoms with Crippen LogP contribution in [0.25, 0.3) is 0 Å². The van der Waals surface area contributed by atoms with E-state index in [1.54, 1.807) is 0 Å². The molecule has 0 fully saturated rings. The maximum absolute atomic E-state index is 11.7. The number of anilines is 1. The summed E-state index contributed by atoms with van der Waals surface area (Å²) in [7, 11) is 0.817. The van der Waals surface area contributed by atoms with Crippen LogP contribution in [0.4, 0.5) is 5.69 Å². The zero-order chi connectivity index (χ0) is 16.9. The number of hydrogen-bond acceptors (Lipinski definition) is 5. The Morgan fingerprint density at radius 2 is 2.04 bits per heavy atom. The monoisotopic (exact) mass is 315 g/mol. The van der Waals surface area contributed by atoms with Crippen molar-refractivity contribution in [2.24, 2.45) is 5.92 Å². The van der Waals surface area contributed by atoms with Gasteiger partial charge >= 0.3 is 136 Å². The third kappa shape index (κ3) is 4.44. The number of nitrogens with one attached hydrogen (secondary N) is 1. The van der Waals surface area contributed by atoms with Crippen molar-refractivity contribution in [1.82, 2.24) is 0 Å². The van der Waals surface area contributed by atoms with Crippen LogP contribution in [0, 0.1) is 5.92 Å². The minimum atomic E-state index is -0.662. The Labute approximate surface area is 137 Å². The average molecular weight is 315 g/mol. The van der Waals surface area contributed by atoms with Crippen molar-refractivity contribution in [2.75, 3.05) is 11.8 Å². The molecule has 0 radical (unpaired) electrons. The number of aliphatic hydroxyl groups is 1. The van der Waals surface area contributed by atoms with E-state index in [9.17, 15) is 14.6 Å². The summed E-state index contributed by atoms with van der Waals surface area (Å²) in [6, 6.07) is 7.82. The Morgan fingerprint density at radius 3 is 2.61 bits per heavy atom.